The molecule has 0 radical (unpaired) electrons. The molecule has 32 heavy (non-hydrogen) atoms. The maximum absolute atomic E-state index is 13.4. The number of imide groups is 1. The summed E-state index contributed by atoms with van der Waals surface area (Å²) in [5, 5.41) is 11.9. The van der Waals surface area contributed by atoms with Crippen LogP contribution in [0, 0.1) is 0 Å². The lowest BCUT2D eigenvalue weighted by atomic mass is 10.0. The van der Waals surface area contributed by atoms with Crippen molar-refractivity contribution < 1.29 is 19.5 Å². The van der Waals surface area contributed by atoms with Crippen LogP contribution in [0.2, 0.25) is 0 Å². The number of hydrogen-bond acceptors (Lipinski definition) is 6. The van der Waals surface area contributed by atoms with Crippen LogP contribution < -0.4 is 5.32 Å². The number of rotatable bonds is 10. The summed E-state index contributed by atoms with van der Waals surface area (Å²) in [4.78, 5) is 43.6. The minimum atomic E-state index is -0.244. The molecule has 1 saturated heterocycles. The van der Waals surface area contributed by atoms with Gasteiger partial charge in [0.2, 0.25) is 5.91 Å². The standard InChI is InChI=1S/C24H34N4O4/c1-3-4-5-6-11-28-23(31)21(19-7-9-20(10-8-19)25-18(2)30)22(24(28)32)27-14-12-26(13-15-27)16-17-29/h7-10,29H,3-6,11-17H2,1-2H3,(H,25,30). The number of benzene rings is 1. The Hall–Kier alpha value is -2.71. The van der Waals surface area contributed by atoms with Crippen molar-refractivity contribution in [2.45, 2.75) is 39.5 Å². The molecule has 3 rings (SSSR count). The van der Waals surface area contributed by atoms with Crippen LogP contribution in [-0.4, -0.2) is 83.4 Å². The van der Waals surface area contributed by atoms with E-state index in [1.165, 1.54) is 11.8 Å². The fourth-order valence-electron chi connectivity index (χ4n) is 4.28. The summed E-state index contributed by atoms with van der Waals surface area (Å²) in [5.74, 6) is -0.626. The second-order valence-electron chi connectivity index (χ2n) is 8.36. The van der Waals surface area contributed by atoms with Gasteiger partial charge in [0.1, 0.15) is 5.70 Å². The van der Waals surface area contributed by atoms with Crippen molar-refractivity contribution in [3.05, 3.63) is 35.5 Å². The Balaban J connectivity index is 1.87. The first-order valence-electron chi connectivity index (χ1n) is 11.5. The zero-order valence-electron chi connectivity index (χ0n) is 19.1. The molecule has 1 aromatic rings. The Kier molecular flexibility index (Phi) is 8.41. The summed E-state index contributed by atoms with van der Waals surface area (Å²) in [6, 6.07) is 7.08. The summed E-state index contributed by atoms with van der Waals surface area (Å²) < 4.78 is 0. The van der Waals surface area contributed by atoms with Gasteiger partial charge in [-0.2, -0.15) is 0 Å². The van der Waals surface area contributed by atoms with E-state index in [1.807, 2.05) is 4.90 Å². The van der Waals surface area contributed by atoms with Gasteiger partial charge < -0.3 is 15.3 Å². The van der Waals surface area contributed by atoms with Crippen LogP contribution in [0.4, 0.5) is 5.69 Å². The van der Waals surface area contributed by atoms with Gasteiger partial charge in [0.25, 0.3) is 11.8 Å². The number of carbonyl (C=O) groups excluding carboxylic acids is 3. The van der Waals surface area contributed by atoms with Gasteiger partial charge in [0.15, 0.2) is 0 Å². The highest BCUT2D eigenvalue weighted by atomic mass is 16.3. The third-order valence-corrected chi connectivity index (χ3v) is 5.98. The highest BCUT2D eigenvalue weighted by Gasteiger charge is 2.41. The van der Waals surface area contributed by atoms with E-state index in [4.69, 9.17) is 0 Å². The molecule has 0 saturated carbocycles. The molecule has 0 aliphatic carbocycles. The zero-order chi connectivity index (χ0) is 23.1. The number of aliphatic hydroxyl groups is 1. The number of β-amino-alcohol motifs (C(OH)–C–C–N with tert-alkyl or cyclic N) is 1. The van der Waals surface area contributed by atoms with Crippen molar-refractivity contribution >= 4 is 29.0 Å². The molecule has 1 fully saturated rings. The molecule has 2 aliphatic rings. The SMILES string of the molecule is CCCCCCN1C(=O)C(c2ccc(NC(C)=O)cc2)=C(N2CCN(CCO)CC2)C1=O. The summed E-state index contributed by atoms with van der Waals surface area (Å²) in [7, 11) is 0. The average molecular weight is 443 g/mol. The predicted molar refractivity (Wildman–Crippen MR) is 124 cm³/mol. The lowest BCUT2D eigenvalue weighted by molar-refractivity contribution is -0.137. The molecule has 0 bridgehead atoms. The van der Waals surface area contributed by atoms with Gasteiger partial charge in [-0.05, 0) is 24.1 Å². The Morgan fingerprint density at radius 1 is 0.969 bits per heavy atom. The topological polar surface area (TPSA) is 93.2 Å². The molecule has 0 aromatic heterocycles. The van der Waals surface area contributed by atoms with Crippen LogP contribution in [0.1, 0.15) is 45.1 Å². The molecule has 2 heterocycles. The number of unbranched alkanes of at least 4 members (excludes halogenated alkanes) is 3. The number of piperazine rings is 1. The maximum Gasteiger partial charge on any atom is 0.277 e. The minimum absolute atomic E-state index is 0.109. The average Bonchev–Trinajstić information content (AvgIpc) is 3.02. The quantitative estimate of drug-likeness (QED) is 0.425. The fraction of sp³-hybridized carbons (Fsp3) is 0.542. The number of aliphatic hydroxyl groups excluding tert-OH is 1. The van der Waals surface area contributed by atoms with Gasteiger partial charge in [-0.3, -0.25) is 24.2 Å². The molecular weight excluding hydrogens is 408 g/mol. The molecule has 0 unspecified atom stereocenters. The molecule has 8 heteroatoms. The lowest BCUT2D eigenvalue weighted by Gasteiger charge is -2.36. The zero-order valence-corrected chi connectivity index (χ0v) is 19.1. The number of hydrogen-bond donors (Lipinski definition) is 2. The summed E-state index contributed by atoms with van der Waals surface area (Å²) in [6.45, 7) is 7.45. The van der Waals surface area contributed by atoms with E-state index >= 15 is 0 Å². The van der Waals surface area contributed by atoms with Gasteiger partial charge in [-0.1, -0.05) is 38.3 Å². The Labute approximate surface area is 189 Å². The fourth-order valence-corrected chi connectivity index (χ4v) is 4.28. The highest BCUT2D eigenvalue weighted by molar-refractivity contribution is 6.35. The van der Waals surface area contributed by atoms with E-state index in [0.29, 0.717) is 48.7 Å². The normalized spacial score (nSPS) is 17.5. The van der Waals surface area contributed by atoms with E-state index in [-0.39, 0.29) is 24.3 Å². The van der Waals surface area contributed by atoms with Crippen LogP contribution in [0.15, 0.2) is 30.0 Å². The van der Waals surface area contributed by atoms with E-state index in [0.717, 1.165) is 38.8 Å². The van der Waals surface area contributed by atoms with Crippen molar-refractivity contribution in [1.82, 2.24) is 14.7 Å². The van der Waals surface area contributed by atoms with Gasteiger partial charge in [0.05, 0.1) is 12.2 Å². The first kappa shape index (κ1) is 23.9. The maximum atomic E-state index is 13.4. The first-order chi connectivity index (χ1) is 15.5. The van der Waals surface area contributed by atoms with Gasteiger partial charge in [-0.15, -0.1) is 0 Å². The van der Waals surface area contributed by atoms with E-state index < -0.39 is 0 Å². The molecule has 2 N–H and O–H groups in total. The van der Waals surface area contributed by atoms with Crippen LogP contribution in [-0.2, 0) is 14.4 Å². The molecule has 2 aliphatic heterocycles. The van der Waals surface area contributed by atoms with Crippen LogP contribution in [0.25, 0.3) is 5.57 Å². The van der Waals surface area contributed by atoms with E-state index in [2.05, 4.69) is 17.1 Å². The van der Waals surface area contributed by atoms with Crippen molar-refractivity contribution in [2.75, 3.05) is 51.2 Å². The second kappa shape index (κ2) is 11.2. The number of amides is 3. The third-order valence-electron chi connectivity index (χ3n) is 5.98. The van der Waals surface area contributed by atoms with Crippen molar-refractivity contribution in [3.8, 4) is 0 Å². The summed E-state index contributed by atoms with van der Waals surface area (Å²) in [6.07, 6.45) is 3.97. The number of nitrogens with zero attached hydrogens (tertiary/aromatic N) is 3. The number of carbonyl (C=O) groups is 3. The monoisotopic (exact) mass is 442 g/mol. The molecule has 0 atom stereocenters. The van der Waals surface area contributed by atoms with Gasteiger partial charge in [-0.25, -0.2) is 0 Å². The predicted octanol–water partition coefficient (Wildman–Crippen LogP) is 1.92. The van der Waals surface area contributed by atoms with Crippen LogP contribution >= 0.6 is 0 Å². The largest absolute Gasteiger partial charge is 0.395 e. The highest BCUT2D eigenvalue weighted by Crippen LogP contribution is 2.33. The van der Waals surface area contributed by atoms with Gasteiger partial charge in [0, 0.05) is 51.9 Å². The summed E-state index contributed by atoms with van der Waals surface area (Å²) >= 11 is 0. The van der Waals surface area contributed by atoms with E-state index in [9.17, 15) is 19.5 Å². The van der Waals surface area contributed by atoms with Crippen LogP contribution in [0.5, 0.6) is 0 Å². The summed E-state index contributed by atoms with van der Waals surface area (Å²) in [5.41, 5.74) is 2.24. The molecule has 8 nitrogen and oxygen atoms in total. The molecule has 3 amide bonds. The minimum Gasteiger partial charge on any atom is -0.395 e. The molecular formula is C24H34N4O4. The van der Waals surface area contributed by atoms with Crippen molar-refractivity contribution in [2.24, 2.45) is 0 Å². The Morgan fingerprint density at radius 3 is 2.25 bits per heavy atom. The van der Waals surface area contributed by atoms with Crippen molar-refractivity contribution in [1.29, 1.82) is 0 Å². The number of anilines is 1. The molecule has 174 valence electrons. The second-order valence-corrected chi connectivity index (χ2v) is 8.36. The Bertz CT molecular complexity index is 857. The molecule has 1 aromatic carbocycles. The van der Waals surface area contributed by atoms with Crippen molar-refractivity contribution in [3.63, 3.8) is 0 Å². The molecule has 0 spiro atoms. The van der Waals surface area contributed by atoms with Crippen LogP contribution in [0.3, 0.4) is 0 Å². The first-order valence-corrected chi connectivity index (χ1v) is 11.5. The van der Waals surface area contributed by atoms with Gasteiger partial charge >= 0.3 is 0 Å². The lowest BCUT2D eigenvalue weighted by Crippen LogP contribution is -2.48. The Morgan fingerprint density at radius 2 is 1.66 bits per heavy atom. The van der Waals surface area contributed by atoms with E-state index in [1.54, 1.807) is 24.3 Å². The third kappa shape index (κ3) is 5.55. The smallest absolute Gasteiger partial charge is 0.277 e. The number of nitrogens with one attached hydrogen (secondary N) is 1.